The topological polar surface area (TPSA) is 61.4 Å². The number of carbonyl (C=O) groups excluding carboxylic acids is 2. The lowest BCUT2D eigenvalue weighted by molar-refractivity contribution is -0.121. The van der Waals surface area contributed by atoms with Crippen molar-refractivity contribution in [1.29, 1.82) is 0 Å². The third-order valence-electron chi connectivity index (χ3n) is 5.12. The Morgan fingerprint density at radius 2 is 1.90 bits per heavy atom. The van der Waals surface area contributed by atoms with Crippen LogP contribution in [0.15, 0.2) is 48.5 Å². The van der Waals surface area contributed by atoms with Gasteiger partial charge >= 0.3 is 6.03 Å². The molecule has 1 fully saturated rings. The molecule has 1 saturated heterocycles. The van der Waals surface area contributed by atoms with E-state index in [0.717, 1.165) is 24.8 Å². The summed E-state index contributed by atoms with van der Waals surface area (Å²) in [6, 6.07) is 13.0. The molecule has 5 nitrogen and oxygen atoms in total. The third-order valence-corrected chi connectivity index (χ3v) is 5.48. The minimum atomic E-state index is -0.339. The van der Waals surface area contributed by atoms with Crippen molar-refractivity contribution in [3.8, 4) is 0 Å². The van der Waals surface area contributed by atoms with Crippen LogP contribution in [0.1, 0.15) is 31.2 Å². The SMILES string of the molecule is O=C(CCC1CCCN(C(=O)Nc2ccc(F)cc2)C1)NCc1ccccc1Cl. The van der Waals surface area contributed by atoms with E-state index in [9.17, 15) is 14.0 Å². The molecule has 0 spiro atoms. The highest BCUT2D eigenvalue weighted by molar-refractivity contribution is 6.31. The first-order chi connectivity index (χ1) is 14.0. The highest BCUT2D eigenvalue weighted by Gasteiger charge is 2.24. The average Bonchev–Trinajstić information content (AvgIpc) is 2.73. The van der Waals surface area contributed by atoms with Gasteiger partial charge in [0.25, 0.3) is 0 Å². The van der Waals surface area contributed by atoms with Crippen molar-refractivity contribution in [2.24, 2.45) is 5.92 Å². The molecule has 0 saturated carbocycles. The number of rotatable bonds is 6. The Kier molecular flexibility index (Phi) is 7.47. The van der Waals surface area contributed by atoms with Crippen LogP contribution in [0.2, 0.25) is 5.02 Å². The first-order valence-corrected chi connectivity index (χ1v) is 10.2. The summed E-state index contributed by atoms with van der Waals surface area (Å²) in [7, 11) is 0. The zero-order chi connectivity index (χ0) is 20.6. The number of hydrogen-bond acceptors (Lipinski definition) is 2. The molecule has 2 aromatic rings. The van der Waals surface area contributed by atoms with Gasteiger partial charge in [0.1, 0.15) is 5.82 Å². The number of carbonyl (C=O) groups is 2. The summed E-state index contributed by atoms with van der Waals surface area (Å²) in [6.07, 6.45) is 3.05. The van der Waals surface area contributed by atoms with Crippen molar-refractivity contribution in [3.05, 3.63) is 64.9 Å². The molecule has 3 rings (SSSR count). The zero-order valence-electron chi connectivity index (χ0n) is 16.2. The molecule has 1 heterocycles. The second-order valence-corrected chi connectivity index (χ2v) is 7.71. The number of amides is 3. The van der Waals surface area contributed by atoms with Gasteiger partial charge in [0.2, 0.25) is 5.91 Å². The Bertz CT molecular complexity index is 844. The number of likely N-dealkylation sites (tertiary alicyclic amines) is 1. The van der Waals surface area contributed by atoms with Gasteiger partial charge in [-0.25, -0.2) is 9.18 Å². The molecule has 1 aliphatic rings. The lowest BCUT2D eigenvalue weighted by Gasteiger charge is -2.32. The average molecular weight is 418 g/mol. The summed E-state index contributed by atoms with van der Waals surface area (Å²) < 4.78 is 13.0. The van der Waals surface area contributed by atoms with Crippen molar-refractivity contribution in [1.82, 2.24) is 10.2 Å². The summed E-state index contributed by atoms with van der Waals surface area (Å²) in [4.78, 5) is 26.4. The molecular formula is C22H25ClFN3O2. The smallest absolute Gasteiger partial charge is 0.321 e. The van der Waals surface area contributed by atoms with Crippen molar-refractivity contribution < 1.29 is 14.0 Å². The minimum absolute atomic E-state index is 0.0159. The highest BCUT2D eigenvalue weighted by atomic mass is 35.5. The molecule has 7 heteroatoms. The Labute approximate surface area is 175 Å². The van der Waals surface area contributed by atoms with Crippen LogP contribution in [0.5, 0.6) is 0 Å². The van der Waals surface area contributed by atoms with Crippen LogP contribution in [0.4, 0.5) is 14.9 Å². The first-order valence-electron chi connectivity index (χ1n) is 9.83. The summed E-state index contributed by atoms with van der Waals surface area (Å²) in [6.45, 7) is 1.71. The van der Waals surface area contributed by atoms with E-state index in [1.807, 2.05) is 18.2 Å². The normalized spacial score (nSPS) is 16.3. The molecule has 3 amide bonds. The molecule has 2 N–H and O–H groups in total. The molecule has 1 atom stereocenters. The molecule has 2 aromatic carbocycles. The van der Waals surface area contributed by atoms with Crippen LogP contribution in [0.3, 0.4) is 0 Å². The molecule has 154 valence electrons. The first kappa shape index (κ1) is 21.1. The van der Waals surface area contributed by atoms with Gasteiger partial charge in [0.15, 0.2) is 0 Å². The van der Waals surface area contributed by atoms with E-state index in [2.05, 4.69) is 10.6 Å². The molecule has 1 unspecified atom stereocenters. The van der Waals surface area contributed by atoms with Gasteiger partial charge in [0, 0.05) is 36.8 Å². The monoisotopic (exact) mass is 417 g/mol. The molecular weight excluding hydrogens is 393 g/mol. The van der Waals surface area contributed by atoms with Crippen LogP contribution in [-0.4, -0.2) is 29.9 Å². The molecule has 0 bridgehead atoms. The minimum Gasteiger partial charge on any atom is -0.352 e. The number of benzene rings is 2. The van der Waals surface area contributed by atoms with Gasteiger partial charge in [-0.3, -0.25) is 4.79 Å². The van der Waals surface area contributed by atoms with Gasteiger partial charge in [-0.2, -0.15) is 0 Å². The predicted octanol–water partition coefficient (Wildman–Crippen LogP) is 4.82. The van der Waals surface area contributed by atoms with Crippen LogP contribution in [0, 0.1) is 11.7 Å². The maximum Gasteiger partial charge on any atom is 0.321 e. The van der Waals surface area contributed by atoms with E-state index in [1.165, 1.54) is 24.3 Å². The van der Waals surface area contributed by atoms with Gasteiger partial charge in [-0.1, -0.05) is 29.8 Å². The van der Waals surface area contributed by atoms with Gasteiger partial charge in [-0.05, 0) is 61.1 Å². The quantitative estimate of drug-likeness (QED) is 0.707. The van der Waals surface area contributed by atoms with Gasteiger partial charge in [-0.15, -0.1) is 0 Å². The van der Waals surface area contributed by atoms with E-state index >= 15 is 0 Å². The Balaban J connectivity index is 1.42. The van der Waals surface area contributed by atoms with Crippen molar-refractivity contribution in [2.45, 2.75) is 32.2 Å². The summed E-state index contributed by atoms with van der Waals surface area (Å²) >= 11 is 6.10. The van der Waals surface area contributed by atoms with Gasteiger partial charge in [0.05, 0.1) is 0 Å². The van der Waals surface area contributed by atoms with Crippen LogP contribution in [-0.2, 0) is 11.3 Å². The third kappa shape index (κ3) is 6.46. The number of hydrogen-bond donors (Lipinski definition) is 2. The number of piperidine rings is 1. The fourth-order valence-electron chi connectivity index (χ4n) is 3.48. The molecule has 1 aliphatic heterocycles. The lowest BCUT2D eigenvalue weighted by atomic mass is 9.93. The van der Waals surface area contributed by atoms with Crippen molar-refractivity contribution in [3.63, 3.8) is 0 Å². The Morgan fingerprint density at radius 3 is 2.66 bits per heavy atom. The maximum atomic E-state index is 13.0. The van der Waals surface area contributed by atoms with Crippen LogP contribution >= 0.6 is 11.6 Å². The van der Waals surface area contributed by atoms with Crippen molar-refractivity contribution in [2.75, 3.05) is 18.4 Å². The predicted molar refractivity (Wildman–Crippen MR) is 112 cm³/mol. The summed E-state index contributed by atoms with van der Waals surface area (Å²) in [5.41, 5.74) is 1.46. The second-order valence-electron chi connectivity index (χ2n) is 7.30. The zero-order valence-corrected chi connectivity index (χ0v) is 16.9. The number of nitrogens with zero attached hydrogens (tertiary/aromatic N) is 1. The fourth-order valence-corrected chi connectivity index (χ4v) is 3.68. The summed E-state index contributed by atoms with van der Waals surface area (Å²) in [5.74, 6) is -0.0690. The van der Waals surface area contributed by atoms with E-state index in [1.54, 1.807) is 11.0 Å². The van der Waals surface area contributed by atoms with E-state index in [4.69, 9.17) is 11.6 Å². The Hall–Kier alpha value is -2.60. The molecule has 0 aliphatic carbocycles. The molecule has 0 aromatic heterocycles. The number of nitrogens with one attached hydrogen (secondary N) is 2. The van der Waals surface area contributed by atoms with Gasteiger partial charge < -0.3 is 15.5 Å². The standard InChI is InChI=1S/C22H25ClFN3O2/c23-20-6-2-1-5-17(20)14-25-21(28)12-7-16-4-3-13-27(15-16)22(29)26-19-10-8-18(24)9-11-19/h1-2,5-6,8-11,16H,3-4,7,12-15H2,(H,25,28)(H,26,29). The van der Waals surface area contributed by atoms with E-state index < -0.39 is 0 Å². The number of halogens is 2. The van der Waals surface area contributed by atoms with E-state index in [-0.39, 0.29) is 23.7 Å². The Morgan fingerprint density at radius 1 is 1.14 bits per heavy atom. The van der Waals surface area contributed by atoms with E-state index in [0.29, 0.717) is 36.8 Å². The van der Waals surface area contributed by atoms with Crippen LogP contribution in [0.25, 0.3) is 0 Å². The maximum absolute atomic E-state index is 13.0. The lowest BCUT2D eigenvalue weighted by Crippen LogP contribution is -2.42. The number of anilines is 1. The largest absolute Gasteiger partial charge is 0.352 e. The molecule has 0 radical (unpaired) electrons. The second kappa shape index (κ2) is 10.3. The van der Waals surface area contributed by atoms with Crippen molar-refractivity contribution >= 4 is 29.2 Å². The molecule has 29 heavy (non-hydrogen) atoms. The fraction of sp³-hybridized carbons (Fsp3) is 0.364. The summed E-state index contributed by atoms with van der Waals surface area (Å²) in [5, 5.41) is 6.34. The highest BCUT2D eigenvalue weighted by Crippen LogP contribution is 2.22. The van der Waals surface area contributed by atoms with Crippen LogP contribution < -0.4 is 10.6 Å². The number of urea groups is 1.